The Morgan fingerprint density at radius 2 is 2.05 bits per heavy atom. The first-order chi connectivity index (χ1) is 10.6. The Kier molecular flexibility index (Phi) is 2.27. The molecule has 2 aliphatic carbocycles. The summed E-state index contributed by atoms with van der Waals surface area (Å²) in [4.78, 5) is 13.9. The molecule has 2 N–H and O–H groups in total. The minimum atomic E-state index is -1.03. The predicted molar refractivity (Wildman–Crippen MR) is 81.3 cm³/mol. The molecular formula is C18H21NO3. The smallest absolute Gasteiger partial charge is 0.339 e. The van der Waals surface area contributed by atoms with Crippen LogP contribution in [0.25, 0.3) is 0 Å². The molecule has 2 saturated heterocycles. The second-order valence-electron chi connectivity index (χ2n) is 7.72. The van der Waals surface area contributed by atoms with Crippen molar-refractivity contribution in [2.45, 2.75) is 50.0 Å². The number of aromatic hydroxyl groups is 1. The van der Waals surface area contributed by atoms with Gasteiger partial charge in [-0.25, -0.2) is 4.79 Å². The van der Waals surface area contributed by atoms with Gasteiger partial charge in [-0.05, 0) is 55.5 Å². The standard InChI is InChI=1S/C18H21NO3/c20-14-9-13-11(7-12(14)16(21)22)8-15-18-4-2-1-3-17(13,18)5-6-19(15)10-18/h7,9,15,20H,1-6,8,10H2,(H,21,22)/t15-,17+,18-/m0/s1. The third-order valence-corrected chi connectivity index (χ3v) is 7.20. The molecule has 4 atom stereocenters. The number of rotatable bonds is 1. The summed E-state index contributed by atoms with van der Waals surface area (Å²) in [5.74, 6) is -1.08. The summed E-state index contributed by atoms with van der Waals surface area (Å²) in [7, 11) is 0. The molecular weight excluding hydrogens is 278 g/mol. The predicted octanol–water partition coefficient (Wildman–Crippen LogP) is 2.53. The molecule has 22 heavy (non-hydrogen) atoms. The van der Waals surface area contributed by atoms with Crippen LogP contribution < -0.4 is 0 Å². The lowest BCUT2D eigenvalue weighted by molar-refractivity contribution is -0.198. The molecule has 4 aliphatic rings. The van der Waals surface area contributed by atoms with E-state index in [1.165, 1.54) is 49.8 Å². The zero-order valence-electron chi connectivity index (χ0n) is 12.6. The monoisotopic (exact) mass is 299 g/mol. The summed E-state index contributed by atoms with van der Waals surface area (Å²) in [6.07, 6.45) is 7.21. The highest BCUT2D eigenvalue weighted by atomic mass is 16.4. The summed E-state index contributed by atoms with van der Waals surface area (Å²) in [5, 5.41) is 19.5. The normalized spacial score (nSPS) is 41.1. The summed E-state index contributed by atoms with van der Waals surface area (Å²) < 4.78 is 0. The number of aromatic carboxylic acids is 1. The Labute approximate surface area is 129 Å². The van der Waals surface area contributed by atoms with Crippen LogP contribution in [0.5, 0.6) is 5.75 Å². The maximum absolute atomic E-state index is 11.3. The molecule has 1 spiro atoms. The second-order valence-corrected chi connectivity index (χ2v) is 7.72. The van der Waals surface area contributed by atoms with Crippen molar-refractivity contribution >= 4 is 5.97 Å². The largest absolute Gasteiger partial charge is 0.507 e. The Balaban J connectivity index is 1.75. The number of nitrogens with zero attached hydrogens (tertiary/aromatic N) is 1. The Morgan fingerprint density at radius 1 is 1.23 bits per heavy atom. The molecule has 2 bridgehead atoms. The highest BCUT2D eigenvalue weighted by Crippen LogP contribution is 2.68. The van der Waals surface area contributed by atoms with Crippen LogP contribution >= 0.6 is 0 Å². The van der Waals surface area contributed by atoms with E-state index in [2.05, 4.69) is 4.90 Å². The molecule has 2 aliphatic heterocycles. The number of carboxylic acids is 1. The van der Waals surface area contributed by atoms with Crippen molar-refractivity contribution in [1.29, 1.82) is 0 Å². The highest BCUT2D eigenvalue weighted by Gasteiger charge is 2.69. The van der Waals surface area contributed by atoms with Crippen LogP contribution in [-0.4, -0.2) is 40.2 Å². The number of carbonyl (C=O) groups is 1. The molecule has 1 saturated carbocycles. The van der Waals surface area contributed by atoms with Crippen molar-refractivity contribution in [3.8, 4) is 5.75 Å². The van der Waals surface area contributed by atoms with E-state index in [0.29, 0.717) is 11.5 Å². The quantitative estimate of drug-likeness (QED) is 0.836. The number of hydrogen-bond acceptors (Lipinski definition) is 3. The minimum absolute atomic E-state index is 0.0541. The molecule has 0 radical (unpaired) electrons. The van der Waals surface area contributed by atoms with Gasteiger partial charge in [-0.15, -0.1) is 0 Å². The summed E-state index contributed by atoms with van der Waals surface area (Å²) in [6.45, 7) is 2.37. The van der Waals surface area contributed by atoms with Gasteiger partial charge in [0.25, 0.3) is 0 Å². The number of piperidine rings is 2. The topological polar surface area (TPSA) is 60.8 Å². The number of fused-ring (bicyclic) bond motifs is 3. The van der Waals surface area contributed by atoms with E-state index in [1.807, 2.05) is 0 Å². The van der Waals surface area contributed by atoms with E-state index in [-0.39, 0.29) is 16.7 Å². The lowest BCUT2D eigenvalue weighted by Gasteiger charge is -2.74. The lowest BCUT2D eigenvalue weighted by atomic mass is 9.40. The van der Waals surface area contributed by atoms with Crippen molar-refractivity contribution < 1.29 is 15.0 Å². The van der Waals surface area contributed by atoms with E-state index in [4.69, 9.17) is 0 Å². The molecule has 116 valence electrons. The summed E-state index contributed by atoms with van der Waals surface area (Å²) in [6, 6.07) is 4.14. The number of carboxylic acid groups (broad SMARTS) is 1. The Hall–Kier alpha value is -1.55. The fourth-order valence-electron chi connectivity index (χ4n) is 6.32. The molecule has 2 heterocycles. The number of benzene rings is 1. The van der Waals surface area contributed by atoms with Gasteiger partial charge in [-0.3, -0.25) is 4.90 Å². The van der Waals surface area contributed by atoms with Crippen molar-refractivity contribution in [2.24, 2.45) is 5.41 Å². The van der Waals surface area contributed by atoms with E-state index < -0.39 is 5.97 Å². The maximum atomic E-state index is 11.3. The summed E-state index contributed by atoms with van der Waals surface area (Å²) >= 11 is 0. The third-order valence-electron chi connectivity index (χ3n) is 7.20. The van der Waals surface area contributed by atoms with Crippen LogP contribution in [0, 0.1) is 5.41 Å². The van der Waals surface area contributed by atoms with Gasteiger partial charge in [0.2, 0.25) is 0 Å². The van der Waals surface area contributed by atoms with Crippen LogP contribution in [0.4, 0.5) is 0 Å². The molecule has 5 rings (SSSR count). The average Bonchev–Trinajstić information content (AvgIpc) is 2.51. The molecule has 1 aromatic carbocycles. The average molecular weight is 299 g/mol. The third kappa shape index (κ3) is 1.23. The van der Waals surface area contributed by atoms with E-state index in [9.17, 15) is 15.0 Å². The van der Waals surface area contributed by atoms with Crippen molar-refractivity contribution in [2.75, 3.05) is 13.1 Å². The lowest BCUT2D eigenvalue weighted by Crippen LogP contribution is -2.79. The molecule has 0 amide bonds. The molecule has 4 nitrogen and oxygen atoms in total. The first-order valence-corrected chi connectivity index (χ1v) is 8.41. The second kappa shape index (κ2) is 3.85. The number of phenols is 1. The van der Waals surface area contributed by atoms with Gasteiger partial charge < -0.3 is 10.2 Å². The van der Waals surface area contributed by atoms with Gasteiger partial charge >= 0.3 is 5.97 Å². The van der Waals surface area contributed by atoms with Crippen molar-refractivity contribution in [3.63, 3.8) is 0 Å². The van der Waals surface area contributed by atoms with Crippen LogP contribution in [0.3, 0.4) is 0 Å². The van der Waals surface area contributed by atoms with E-state index in [1.54, 1.807) is 12.1 Å². The van der Waals surface area contributed by atoms with Crippen LogP contribution in [0.15, 0.2) is 12.1 Å². The van der Waals surface area contributed by atoms with Crippen molar-refractivity contribution in [1.82, 2.24) is 4.90 Å². The number of hydrogen-bond donors (Lipinski definition) is 2. The summed E-state index contributed by atoms with van der Waals surface area (Å²) in [5.41, 5.74) is 3.08. The van der Waals surface area contributed by atoms with E-state index in [0.717, 1.165) is 13.0 Å². The first-order valence-electron chi connectivity index (χ1n) is 8.41. The molecule has 1 unspecified atom stereocenters. The Bertz CT molecular complexity index is 692. The van der Waals surface area contributed by atoms with Gasteiger partial charge in [0, 0.05) is 23.4 Å². The van der Waals surface area contributed by atoms with E-state index >= 15 is 0 Å². The Morgan fingerprint density at radius 3 is 2.86 bits per heavy atom. The highest BCUT2D eigenvalue weighted by molar-refractivity contribution is 5.91. The molecule has 1 aromatic rings. The molecule has 4 heteroatoms. The minimum Gasteiger partial charge on any atom is -0.507 e. The van der Waals surface area contributed by atoms with Gasteiger partial charge in [-0.2, -0.15) is 0 Å². The fraction of sp³-hybridized carbons (Fsp3) is 0.611. The van der Waals surface area contributed by atoms with Crippen LogP contribution in [0.2, 0.25) is 0 Å². The maximum Gasteiger partial charge on any atom is 0.339 e. The first kappa shape index (κ1) is 12.9. The molecule has 3 fully saturated rings. The SMILES string of the molecule is O=C(O)c1cc2c(cc1O)[C@]13CCCC[C@@]14CN(CC3)[C@H]4C2. The van der Waals surface area contributed by atoms with Gasteiger partial charge in [-0.1, -0.05) is 12.8 Å². The van der Waals surface area contributed by atoms with Crippen LogP contribution in [-0.2, 0) is 11.8 Å². The van der Waals surface area contributed by atoms with Gasteiger partial charge in [0.05, 0.1) is 0 Å². The molecule has 0 aromatic heterocycles. The van der Waals surface area contributed by atoms with Gasteiger partial charge in [0.15, 0.2) is 0 Å². The fourth-order valence-corrected chi connectivity index (χ4v) is 6.32. The van der Waals surface area contributed by atoms with Gasteiger partial charge in [0.1, 0.15) is 11.3 Å². The zero-order chi connectivity index (χ0) is 15.1. The van der Waals surface area contributed by atoms with Crippen LogP contribution in [0.1, 0.15) is 53.6 Å². The zero-order valence-corrected chi connectivity index (χ0v) is 12.6. The van der Waals surface area contributed by atoms with Crippen molar-refractivity contribution in [3.05, 3.63) is 28.8 Å².